The second kappa shape index (κ2) is 7.90. The van der Waals surface area contributed by atoms with E-state index in [2.05, 4.69) is 39.6 Å². The standard InChI is InChI=1S/C12H10N2S.C4H4O4/c1-2-4-12-11(3-1)9(7-15-12)5-10-6-13-8-14-10;5-3(6)1-2-4(7)8/h1-4,6-8H,5H2,(H,13,14);1-2H,(H,5,6)(H,7,8)/p-2/b;2-1+. The molecular formula is C16H12N2O4S-2. The van der Waals surface area contributed by atoms with E-state index in [1.807, 2.05) is 6.20 Å². The van der Waals surface area contributed by atoms with Crippen LogP contribution in [0.5, 0.6) is 0 Å². The van der Waals surface area contributed by atoms with Gasteiger partial charge in [-0.15, -0.1) is 11.3 Å². The molecule has 0 amide bonds. The van der Waals surface area contributed by atoms with Crippen LogP contribution in [0.1, 0.15) is 11.3 Å². The van der Waals surface area contributed by atoms with Crippen molar-refractivity contribution in [2.45, 2.75) is 6.42 Å². The highest BCUT2D eigenvalue weighted by molar-refractivity contribution is 7.17. The van der Waals surface area contributed by atoms with Crippen molar-refractivity contribution in [1.29, 1.82) is 0 Å². The summed E-state index contributed by atoms with van der Waals surface area (Å²) in [7, 11) is 0. The molecule has 0 fully saturated rings. The number of hydrogen-bond donors (Lipinski definition) is 1. The fourth-order valence-corrected chi connectivity index (χ4v) is 2.86. The Morgan fingerprint density at radius 3 is 2.48 bits per heavy atom. The minimum atomic E-state index is -1.55. The Morgan fingerprint density at radius 2 is 1.87 bits per heavy atom. The molecule has 0 unspecified atom stereocenters. The lowest BCUT2D eigenvalue weighted by atomic mass is 10.1. The first-order chi connectivity index (χ1) is 11.1. The van der Waals surface area contributed by atoms with Crippen molar-refractivity contribution in [3.05, 3.63) is 65.6 Å². The summed E-state index contributed by atoms with van der Waals surface area (Å²) in [5.74, 6) is -3.09. The van der Waals surface area contributed by atoms with Gasteiger partial charge in [-0.25, -0.2) is 4.98 Å². The van der Waals surface area contributed by atoms with Crippen molar-refractivity contribution in [3.63, 3.8) is 0 Å². The zero-order chi connectivity index (χ0) is 16.7. The Kier molecular flexibility index (Phi) is 5.65. The lowest BCUT2D eigenvalue weighted by Gasteiger charge is -1.96. The van der Waals surface area contributed by atoms with Crippen LogP contribution in [0.4, 0.5) is 0 Å². The molecule has 0 aliphatic carbocycles. The lowest BCUT2D eigenvalue weighted by Crippen LogP contribution is -2.23. The first-order valence-corrected chi connectivity index (χ1v) is 7.46. The quantitative estimate of drug-likeness (QED) is 0.691. The summed E-state index contributed by atoms with van der Waals surface area (Å²) < 4.78 is 1.35. The number of nitrogens with zero attached hydrogens (tertiary/aromatic N) is 1. The van der Waals surface area contributed by atoms with Gasteiger partial charge in [0.15, 0.2) is 0 Å². The second-order valence-electron chi connectivity index (χ2n) is 4.48. The molecule has 0 radical (unpaired) electrons. The predicted octanol–water partition coefficient (Wildman–Crippen LogP) is 0.258. The fraction of sp³-hybridized carbons (Fsp3) is 0.0625. The van der Waals surface area contributed by atoms with Crippen LogP contribution >= 0.6 is 11.3 Å². The van der Waals surface area contributed by atoms with Gasteiger partial charge in [0.2, 0.25) is 0 Å². The maximum atomic E-state index is 9.41. The van der Waals surface area contributed by atoms with E-state index in [0.717, 1.165) is 6.42 Å². The lowest BCUT2D eigenvalue weighted by molar-refractivity contribution is -0.301. The number of imidazole rings is 1. The molecule has 6 nitrogen and oxygen atoms in total. The maximum Gasteiger partial charge on any atom is 0.0921 e. The number of aromatic nitrogens is 2. The van der Waals surface area contributed by atoms with E-state index in [1.165, 1.54) is 21.3 Å². The average molecular weight is 328 g/mol. The molecule has 0 aliphatic heterocycles. The normalized spacial score (nSPS) is 10.4. The van der Waals surface area contributed by atoms with Gasteiger partial charge in [0.1, 0.15) is 0 Å². The number of rotatable bonds is 4. The van der Waals surface area contributed by atoms with Crippen LogP contribution in [0.25, 0.3) is 10.1 Å². The molecule has 0 aliphatic rings. The van der Waals surface area contributed by atoms with Crippen LogP contribution in [0.3, 0.4) is 0 Å². The first-order valence-electron chi connectivity index (χ1n) is 6.58. The first kappa shape index (κ1) is 16.4. The molecule has 23 heavy (non-hydrogen) atoms. The molecule has 3 aromatic rings. The second-order valence-corrected chi connectivity index (χ2v) is 5.39. The molecule has 1 aromatic carbocycles. The number of fused-ring (bicyclic) bond motifs is 1. The molecule has 0 saturated carbocycles. The van der Waals surface area contributed by atoms with Gasteiger partial charge in [0.05, 0.1) is 18.3 Å². The number of carboxylic acid groups (broad SMARTS) is 2. The highest BCUT2D eigenvalue weighted by atomic mass is 32.1. The molecule has 7 heteroatoms. The van der Waals surface area contributed by atoms with E-state index in [4.69, 9.17) is 0 Å². The molecule has 0 spiro atoms. The van der Waals surface area contributed by atoms with Crippen LogP contribution in [-0.2, 0) is 16.0 Å². The molecule has 0 saturated heterocycles. The van der Waals surface area contributed by atoms with E-state index in [-0.39, 0.29) is 0 Å². The van der Waals surface area contributed by atoms with Crippen molar-refractivity contribution in [3.8, 4) is 0 Å². The van der Waals surface area contributed by atoms with Gasteiger partial charge in [-0.3, -0.25) is 0 Å². The zero-order valence-electron chi connectivity index (χ0n) is 11.9. The summed E-state index contributed by atoms with van der Waals surface area (Å²) in [6.07, 6.45) is 5.31. The summed E-state index contributed by atoms with van der Waals surface area (Å²) in [6.45, 7) is 0. The van der Waals surface area contributed by atoms with Crippen molar-refractivity contribution < 1.29 is 19.8 Å². The van der Waals surface area contributed by atoms with Crippen molar-refractivity contribution in [1.82, 2.24) is 9.97 Å². The predicted molar refractivity (Wildman–Crippen MR) is 82.4 cm³/mol. The number of H-pyrrole nitrogens is 1. The Bertz CT molecular complexity index is 806. The van der Waals surface area contributed by atoms with Gasteiger partial charge in [-0.2, -0.15) is 0 Å². The maximum absolute atomic E-state index is 9.41. The van der Waals surface area contributed by atoms with Crippen LogP contribution in [0.15, 0.2) is 54.3 Å². The number of thiophene rings is 1. The van der Waals surface area contributed by atoms with Crippen molar-refractivity contribution in [2.75, 3.05) is 0 Å². The number of aliphatic carboxylic acids is 2. The summed E-state index contributed by atoms with van der Waals surface area (Å²) >= 11 is 1.80. The Hall–Kier alpha value is -2.93. The Labute approximate surface area is 135 Å². The highest BCUT2D eigenvalue weighted by Crippen LogP contribution is 2.26. The third-order valence-corrected chi connectivity index (χ3v) is 3.86. The number of benzene rings is 1. The number of carbonyl (C=O) groups is 2. The van der Waals surface area contributed by atoms with E-state index in [1.54, 1.807) is 17.7 Å². The average Bonchev–Trinajstić information content (AvgIpc) is 3.17. The van der Waals surface area contributed by atoms with Gasteiger partial charge < -0.3 is 24.8 Å². The molecule has 2 aromatic heterocycles. The molecule has 118 valence electrons. The minimum Gasteiger partial charge on any atom is -0.545 e. The van der Waals surface area contributed by atoms with Crippen LogP contribution < -0.4 is 10.2 Å². The smallest absolute Gasteiger partial charge is 0.0921 e. The number of aromatic amines is 1. The van der Waals surface area contributed by atoms with E-state index < -0.39 is 11.9 Å². The summed E-state index contributed by atoms with van der Waals surface area (Å²) in [6, 6.07) is 8.51. The third kappa shape index (κ3) is 5.08. The van der Waals surface area contributed by atoms with E-state index >= 15 is 0 Å². The van der Waals surface area contributed by atoms with Crippen LogP contribution in [-0.4, -0.2) is 21.9 Å². The minimum absolute atomic E-state index is 0.384. The molecular weight excluding hydrogens is 316 g/mol. The third-order valence-electron chi connectivity index (χ3n) is 2.85. The van der Waals surface area contributed by atoms with Gasteiger partial charge in [-0.05, 0) is 34.5 Å². The summed E-state index contributed by atoms with van der Waals surface area (Å²) in [4.78, 5) is 26.0. The zero-order valence-corrected chi connectivity index (χ0v) is 12.7. The SMILES string of the molecule is O=C([O-])/C=C/C(=O)[O-].c1ccc2c(Cc3cnc[nH]3)csc2c1. The largest absolute Gasteiger partial charge is 0.545 e. The molecule has 1 N–H and O–H groups in total. The van der Waals surface area contributed by atoms with Crippen molar-refractivity contribution >= 4 is 33.4 Å². The molecule has 0 bridgehead atoms. The van der Waals surface area contributed by atoms with Gasteiger partial charge >= 0.3 is 0 Å². The number of nitrogens with one attached hydrogen (secondary N) is 1. The van der Waals surface area contributed by atoms with Gasteiger partial charge in [0, 0.05) is 23.0 Å². The number of carboxylic acids is 2. The van der Waals surface area contributed by atoms with Crippen LogP contribution in [0.2, 0.25) is 0 Å². The van der Waals surface area contributed by atoms with E-state index in [0.29, 0.717) is 12.2 Å². The topological polar surface area (TPSA) is 109 Å². The summed E-state index contributed by atoms with van der Waals surface area (Å²) in [5.41, 5.74) is 2.54. The monoisotopic (exact) mass is 328 g/mol. The van der Waals surface area contributed by atoms with Crippen LogP contribution in [0, 0.1) is 0 Å². The van der Waals surface area contributed by atoms with E-state index in [9.17, 15) is 19.8 Å². The van der Waals surface area contributed by atoms with Crippen molar-refractivity contribution in [2.24, 2.45) is 0 Å². The Morgan fingerprint density at radius 1 is 1.17 bits per heavy atom. The fourth-order valence-electron chi connectivity index (χ4n) is 1.89. The molecule has 3 rings (SSSR count). The number of hydrogen-bond acceptors (Lipinski definition) is 6. The highest BCUT2D eigenvalue weighted by Gasteiger charge is 2.04. The Balaban J connectivity index is 0.000000207. The van der Waals surface area contributed by atoms with Gasteiger partial charge in [-0.1, -0.05) is 18.2 Å². The molecule has 2 heterocycles. The van der Waals surface area contributed by atoms with Gasteiger partial charge in [0.25, 0.3) is 0 Å². The summed E-state index contributed by atoms with van der Waals surface area (Å²) in [5, 5.41) is 22.4. The molecule has 0 atom stereocenters. The number of carbonyl (C=O) groups excluding carboxylic acids is 2.